The van der Waals surface area contributed by atoms with Crippen LogP contribution in [0.25, 0.3) is 0 Å². The molecule has 1 aromatic heterocycles. The number of aromatic nitrogens is 3. The molecule has 2 aliphatic rings. The maximum absolute atomic E-state index is 4.52. The fourth-order valence-corrected chi connectivity index (χ4v) is 3.79. The second kappa shape index (κ2) is 6.11. The van der Waals surface area contributed by atoms with Gasteiger partial charge < -0.3 is 9.47 Å². The van der Waals surface area contributed by atoms with Crippen molar-refractivity contribution in [1.82, 2.24) is 14.8 Å². The molecule has 0 saturated carbocycles. The molecule has 0 saturated heterocycles. The number of hydrogen-bond acceptors (Lipinski definition) is 3. The molecule has 0 unspecified atom stereocenters. The number of nitrogens with zero attached hydrogens (tertiary/aromatic N) is 4. The Morgan fingerprint density at radius 2 is 1.77 bits per heavy atom. The van der Waals surface area contributed by atoms with E-state index < -0.39 is 0 Å². The van der Waals surface area contributed by atoms with Gasteiger partial charge in [0.05, 0.1) is 6.54 Å². The molecule has 4 nitrogen and oxygen atoms in total. The summed E-state index contributed by atoms with van der Waals surface area (Å²) in [7, 11) is 0. The van der Waals surface area contributed by atoms with Gasteiger partial charge in [-0.3, -0.25) is 0 Å². The highest BCUT2D eigenvalue weighted by Crippen LogP contribution is 2.28. The average Bonchev–Trinajstić information content (AvgIpc) is 2.88. The first-order chi connectivity index (χ1) is 10.9. The normalized spacial score (nSPS) is 18.3. The van der Waals surface area contributed by atoms with Crippen molar-refractivity contribution in [1.29, 1.82) is 0 Å². The molecule has 22 heavy (non-hydrogen) atoms. The van der Waals surface area contributed by atoms with Gasteiger partial charge in [-0.15, -0.1) is 10.2 Å². The number of para-hydroxylation sites is 1. The Labute approximate surface area is 132 Å². The quantitative estimate of drug-likeness (QED) is 0.852. The van der Waals surface area contributed by atoms with E-state index in [0.29, 0.717) is 0 Å². The van der Waals surface area contributed by atoms with Crippen LogP contribution in [0.2, 0.25) is 0 Å². The fraction of sp³-hybridized carbons (Fsp3) is 0.556. The van der Waals surface area contributed by atoms with Gasteiger partial charge in [-0.25, -0.2) is 0 Å². The highest BCUT2D eigenvalue weighted by molar-refractivity contribution is 5.55. The van der Waals surface area contributed by atoms with Crippen LogP contribution >= 0.6 is 0 Å². The topological polar surface area (TPSA) is 34.0 Å². The maximum Gasteiger partial charge on any atom is 0.152 e. The van der Waals surface area contributed by atoms with Gasteiger partial charge in [0.15, 0.2) is 5.82 Å². The molecule has 0 fully saturated rings. The minimum absolute atomic E-state index is 0.893. The maximum atomic E-state index is 4.52. The number of fused-ring (bicyclic) bond motifs is 2. The first-order valence-electron chi connectivity index (χ1n) is 8.65. The Balaban J connectivity index is 1.60. The lowest BCUT2D eigenvalue weighted by atomic mass is 10.0. The monoisotopic (exact) mass is 296 g/mol. The fourth-order valence-electron chi connectivity index (χ4n) is 3.79. The molecule has 0 atom stereocenters. The van der Waals surface area contributed by atoms with Gasteiger partial charge in [-0.1, -0.05) is 31.0 Å². The molecule has 4 rings (SSSR count). The first-order valence-corrected chi connectivity index (χ1v) is 8.65. The molecule has 0 bridgehead atoms. The summed E-state index contributed by atoms with van der Waals surface area (Å²) in [6.07, 6.45) is 8.71. The Morgan fingerprint density at radius 1 is 0.864 bits per heavy atom. The minimum atomic E-state index is 0.893. The van der Waals surface area contributed by atoms with Crippen LogP contribution in [0.15, 0.2) is 24.3 Å². The van der Waals surface area contributed by atoms with Crippen molar-refractivity contribution in [3.63, 3.8) is 0 Å². The van der Waals surface area contributed by atoms with Crippen molar-refractivity contribution in [2.24, 2.45) is 0 Å². The zero-order valence-electron chi connectivity index (χ0n) is 13.2. The molecule has 2 aliphatic heterocycles. The van der Waals surface area contributed by atoms with Crippen LogP contribution in [0.1, 0.15) is 49.3 Å². The van der Waals surface area contributed by atoms with E-state index in [1.165, 1.54) is 55.6 Å². The molecule has 0 N–H and O–H groups in total. The van der Waals surface area contributed by atoms with Gasteiger partial charge in [0.1, 0.15) is 5.82 Å². The molecule has 0 spiro atoms. The van der Waals surface area contributed by atoms with Gasteiger partial charge >= 0.3 is 0 Å². The SMILES string of the molecule is c1ccc2c(c1)CCCN2Cc1nnc2n1CCCCCC2. The number of anilines is 1. The summed E-state index contributed by atoms with van der Waals surface area (Å²) in [4.78, 5) is 2.48. The third kappa shape index (κ3) is 2.62. The highest BCUT2D eigenvalue weighted by Gasteiger charge is 2.20. The standard InChI is InChI=1S/C18H24N4/c1-2-6-13-22-17(11-3-1)19-20-18(22)14-21-12-7-9-15-8-4-5-10-16(15)21/h4-5,8,10H,1-3,6-7,9,11-14H2. The van der Waals surface area contributed by atoms with Gasteiger partial charge in [0, 0.05) is 25.2 Å². The largest absolute Gasteiger partial charge is 0.364 e. The van der Waals surface area contributed by atoms with Gasteiger partial charge in [-0.05, 0) is 37.3 Å². The summed E-state index contributed by atoms with van der Waals surface area (Å²) in [5.41, 5.74) is 2.86. The number of hydrogen-bond donors (Lipinski definition) is 0. The molecule has 0 aliphatic carbocycles. The third-order valence-corrected chi connectivity index (χ3v) is 4.97. The van der Waals surface area contributed by atoms with E-state index in [-0.39, 0.29) is 0 Å². The summed E-state index contributed by atoms with van der Waals surface area (Å²) in [5, 5.41) is 8.99. The lowest BCUT2D eigenvalue weighted by molar-refractivity contribution is 0.501. The van der Waals surface area contributed by atoms with E-state index in [1.54, 1.807) is 0 Å². The molecular weight excluding hydrogens is 272 g/mol. The molecule has 1 aromatic carbocycles. The van der Waals surface area contributed by atoms with E-state index in [0.717, 1.165) is 31.9 Å². The summed E-state index contributed by atoms with van der Waals surface area (Å²) in [5.74, 6) is 2.34. The summed E-state index contributed by atoms with van der Waals surface area (Å²) in [6, 6.07) is 8.80. The summed E-state index contributed by atoms with van der Waals surface area (Å²) < 4.78 is 2.39. The van der Waals surface area contributed by atoms with Gasteiger partial charge in [0.2, 0.25) is 0 Å². The van der Waals surface area contributed by atoms with Crippen molar-refractivity contribution in [2.75, 3.05) is 11.4 Å². The zero-order valence-corrected chi connectivity index (χ0v) is 13.2. The van der Waals surface area contributed by atoms with Crippen LogP contribution in [-0.4, -0.2) is 21.3 Å². The van der Waals surface area contributed by atoms with Crippen LogP contribution in [0, 0.1) is 0 Å². The van der Waals surface area contributed by atoms with E-state index >= 15 is 0 Å². The van der Waals surface area contributed by atoms with Crippen molar-refractivity contribution >= 4 is 5.69 Å². The van der Waals surface area contributed by atoms with Gasteiger partial charge in [0.25, 0.3) is 0 Å². The van der Waals surface area contributed by atoms with Crippen molar-refractivity contribution in [3.8, 4) is 0 Å². The predicted molar refractivity (Wildman–Crippen MR) is 88.0 cm³/mol. The second-order valence-electron chi connectivity index (χ2n) is 6.50. The predicted octanol–water partition coefficient (Wildman–Crippen LogP) is 3.35. The number of benzene rings is 1. The Morgan fingerprint density at radius 3 is 2.77 bits per heavy atom. The molecule has 4 heteroatoms. The Hall–Kier alpha value is -1.84. The van der Waals surface area contributed by atoms with Crippen molar-refractivity contribution in [3.05, 3.63) is 41.5 Å². The molecule has 116 valence electrons. The van der Waals surface area contributed by atoms with Crippen molar-refractivity contribution < 1.29 is 0 Å². The molecule has 2 aromatic rings. The second-order valence-corrected chi connectivity index (χ2v) is 6.50. The van der Waals surface area contributed by atoms with Crippen LogP contribution in [0.3, 0.4) is 0 Å². The van der Waals surface area contributed by atoms with E-state index in [4.69, 9.17) is 0 Å². The number of aryl methyl sites for hydroxylation is 2. The highest BCUT2D eigenvalue weighted by atomic mass is 15.3. The molecule has 0 radical (unpaired) electrons. The Bertz CT molecular complexity index is 646. The van der Waals surface area contributed by atoms with Crippen molar-refractivity contribution in [2.45, 2.75) is 58.0 Å². The third-order valence-electron chi connectivity index (χ3n) is 4.97. The average molecular weight is 296 g/mol. The van der Waals surface area contributed by atoms with Crippen LogP contribution in [0.5, 0.6) is 0 Å². The lowest BCUT2D eigenvalue weighted by Gasteiger charge is -2.31. The van der Waals surface area contributed by atoms with Crippen LogP contribution < -0.4 is 4.90 Å². The van der Waals surface area contributed by atoms with Crippen LogP contribution in [-0.2, 0) is 25.9 Å². The van der Waals surface area contributed by atoms with E-state index in [2.05, 4.69) is 43.9 Å². The van der Waals surface area contributed by atoms with Crippen LogP contribution in [0.4, 0.5) is 5.69 Å². The first kappa shape index (κ1) is 13.8. The lowest BCUT2D eigenvalue weighted by Crippen LogP contribution is -2.30. The van der Waals surface area contributed by atoms with E-state index in [9.17, 15) is 0 Å². The molecular formula is C18H24N4. The molecule has 3 heterocycles. The summed E-state index contributed by atoms with van der Waals surface area (Å²) in [6.45, 7) is 3.11. The molecule has 0 amide bonds. The summed E-state index contributed by atoms with van der Waals surface area (Å²) >= 11 is 0. The zero-order chi connectivity index (χ0) is 14.8. The smallest absolute Gasteiger partial charge is 0.152 e. The Kier molecular flexibility index (Phi) is 3.83. The van der Waals surface area contributed by atoms with E-state index in [1.807, 2.05) is 0 Å². The number of rotatable bonds is 2. The minimum Gasteiger partial charge on any atom is -0.364 e. The van der Waals surface area contributed by atoms with Gasteiger partial charge in [-0.2, -0.15) is 0 Å².